The molecule has 4 heteroatoms. The fraction of sp³-hybridized carbons (Fsp3) is 0.312. The topological polar surface area (TPSA) is 65.4 Å². The van der Waals surface area contributed by atoms with E-state index >= 15 is 0 Å². The third kappa shape index (κ3) is 4.05. The van der Waals surface area contributed by atoms with Crippen molar-refractivity contribution in [2.24, 2.45) is 0 Å². The fourth-order valence-electron chi connectivity index (χ4n) is 2.16. The number of nitrogens with one attached hydrogen (secondary N) is 1. The summed E-state index contributed by atoms with van der Waals surface area (Å²) in [5, 5.41) is 22.1. The number of hydrogen-bond donors (Lipinski definition) is 3. The van der Waals surface area contributed by atoms with E-state index < -0.39 is 0 Å². The lowest BCUT2D eigenvalue weighted by Gasteiger charge is -2.21. The Morgan fingerprint density at radius 3 is 2.50 bits per heavy atom. The summed E-state index contributed by atoms with van der Waals surface area (Å²) < 4.78 is 0. The first-order chi connectivity index (χ1) is 9.69. The van der Waals surface area contributed by atoms with E-state index in [4.69, 9.17) is 0 Å². The number of hydrogen-bond acceptors (Lipinski definition) is 4. The summed E-state index contributed by atoms with van der Waals surface area (Å²) in [6.45, 7) is 2.08. The molecule has 0 aliphatic carbocycles. The van der Waals surface area contributed by atoms with Crippen molar-refractivity contribution in [1.29, 1.82) is 0 Å². The van der Waals surface area contributed by atoms with Crippen molar-refractivity contribution in [3.8, 4) is 5.75 Å². The average molecular weight is 272 g/mol. The van der Waals surface area contributed by atoms with Crippen LogP contribution in [0.5, 0.6) is 5.75 Å². The van der Waals surface area contributed by atoms with Gasteiger partial charge in [-0.1, -0.05) is 18.2 Å². The number of pyridine rings is 1. The molecule has 20 heavy (non-hydrogen) atoms. The van der Waals surface area contributed by atoms with Gasteiger partial charge in [-0.05, 0) is 43.2 Å². The molecule has 106 valence electrons. The Balaban J connectivity index is 1.97. The van der Waals surface area contributed by atoms with Gasteiger partial charge in [0.1, 0.15) is 5.75 Å². The van der Waals surface area contributed by atoms with Crippen LogP contribution in [0.4, 0.5) is 0 Å². The molecule has 0 aliphatic rings. The highest BCUT2D eigenvalue weighted by atomic mass is 16.3. The third-order valence-electron chi connectivity index (χ3n) is 3.26. The van der Waals surface area contributed by atoms with Crippen LogP contribution in [-0.4, -0.2) is 27.8 Å². The summed E-state index contributed by atoms with van der Waals surface area (Å²) in [7, 11) is 0. The normalized spacial score (nSPS) is 13.9. The van der Waals surface area contributed by atoms with Crippen molar-refractivity contribution in [3.63, 3.8) is 0 Å². The molecule has 4 nitrogen and oxygen atoms in total. The van der Waals surface area contributed by atoms with E-state index in [2.05, 4.69) is 10.3 Å². The van der Waals surface area contributed by atoms with Gasteiger partial charge in [-0.15, -0.1) is 0 Å². The van der Waals surface area contributed by atoms with E-state index in [0.29, 0.717) is 6.42 Å². The van der Waals surface area contributed by atoms with Crippen LogP contribution in [-0.2, 0) is 6.42 Å². The fourth-order valence-corrected chi connectivity index (χ4v) is 2.16. The number of aliphatic hydroxyl groups is 1. The predicted molar refractivity (Wildman–Crippen MR) is 78.5 cm³/mol. The Hall–Kier alpha value is -1.91. The number of aromatic hydroxyl groups is 1. The molecule has 3 N–H and O–H groups in total. The second-order valence-corrected chi connectivity index (χ2v) is 4.89. The minimum atomic E-state index is -0.0449. The number of phenolic OH excluding ortho intramolecular Hbond substituents is 1. The van der Waals surface area contributed by atoms with E-state index in [1.165, 1.54) is 0 Å². The minimum absolute atomic E-state index is 0.0449. The highest BCUT2D eigenvalue weighted by Crippen LogP contribution is 2.14. The summed E-state index contributed by atoms with van der Waals surface area (Å²) in [5.74, 6) is 0.254. The van der Waals surface area contributed by atoms with Gasteiger partial charge < -0.3 is 15.5 Å². The molecule has 0 amide bonds. The maximum absolute atomic E-state index is 9.51. The first kappa shape index (κ1) is 14.5. The quantitative estimate of drug-likeness (QED) is 0.753. The summed E-state index contributed by atoms with van der Waals surface area (Å²) >= 11 is 0. The van der Waals surface area contributed by atoms with E-state index in [-0.39, 0.29) is 24.4 Å². The number of phenols is 1. The van der Waals surface area contributed by atoms with Gasteiger partial charge in [0.05, 0.1) is 12.3 Å². The van der Waals surface area contributed by atoms with Gasteiger partial charge in [0.15, 0.2) is 0 Å². The van der Waals surface area contributed by atoms with Crippen LogP contribution < -0.4 is 5.32 Å². The van der Waals surface area contributed by atoms with Gasteiger partial charge in [-0.2, -0.15) is 0 Å². The summed E-state index contributed by atoms with van der Waals surface area (Å²) in [4.78, 5) is 4.31. The third-order valence-corrected chi connectivity index (χ3v) is 3.26. The molecule has 0 saturated heterocycles. The predicted octanol–water partition coefficient (Wildman–Crippen LogP) is 2.04. The van der Waals surface area contributed by atoms with E-state index in [1.54, 1.807) is 18.3 Å². The molecular formula is C16H20N2O2. The number of aromatic nitrogens is 1. The molecule has 2 atom stereocenters. The molecule has 1 heterocycles. The van der Waals surface area contributed by atoms with Crippen LogP contribution in [0.15, 0.2) is 48.7 Å². The molecule has 0 aliphatic heterocycles. The van der Waals surface area contributed by atoms with E-state index in [1.807, 2.05) is 37.3 Å². The van der Waals surface area contributed by atoms with E-state index in [0.717, 1.165) is 11.3 Å². The smallest absolute Gasteiger partial charge is 0.115 e. The number of aliphatic hydroxyl groups excluding tert-OH is 1. The first-order valence-corrected chi connectivity index (χ1v) is 6.75. The lowest BCUT2D eigenvalue weighted by Crippen LogP contribution is -2.36. The highest BCUT2D eigenvalue weighted by Gasteiger charge is 2.14. The van der Waals surface area contributed by atoms with Gasteiger partial charge in [0, 0.05) is 18.3 Å². The second-order valence-electron chi connectivity index (χ2n) is 4.89. The van der Waals surface area contributed by atoms with Crippen molar-refractivity contribution in [2.45, 2.75) is 25.4 Å². The van der Waals surface area contributed by atoms with E-state index in [9.17, 15) is 10.2 Å². The summed E-state index contributed by atoms with van der Waals surface area (Å²) in [6, 6.07) is 12.9. The Morgan fingerprint density at radius 1 is 1.15 bits per heavy atom. The lowest BCUT2D eigenvalue weighted by atomic mass is 10.0. The molecule has 1 aromatic carbocycles. The summed E-state index contributed by atoms with van der Waals surface area (Å²) in [5.41, 5.74) is 2.03. The minimum Gasteiger partial charge on any atom is -0.508 e. The van der Waals surface area contributed by atoms with Gasteiger partial charge >= 0.3 is 0 Å². The zero-order valence-electron chi connectivity index (χ0n) is 11.5. The Bertz CT molecular complexity index is 514. The Labute approximate surface area is 119 Å². The lowest BCUT2D eigenvalue weighted by molar-refractivity contribution is 0.232. The van der Waals surface area contributed by atoms with Crippen molar-refractivity contribution in [2.75, 3.05) is 6.61 Å². The average Bonchev–Trinajstić information content (AvgIpc) is 2.49. The molecule has 0 radical (unpaired) electrons. The molecule has 0 bridgehead atoms. The molecule has 2 aromatic rings. The van der Waals surface area contributed by atoms with Crippen LogP contribution in [0.25, 0.3) is 0 Å². The van der Waals surface area contributed by atoms with Gasteiger partial charge in [-0.3, -0.25) is 4.98 Å². The van der Waals surface area contributed by atoms with Gasteiger partial charge in [0.25, 0.3) is 0 Å². The van der Waals surface area contributed by atoms with Crippen molar-refractivity contribution in [1.82, 2.24) is 10.3 Å². The molecule has 0 fully saturated rings. The maximum atomic E-state index is 9.51. The van der Waals surface area contributed by atoms with Crippen molar-refractivity contribution in [3.05, 3.63) is 59.9 Å². The van der Waals surface area contributed by atoms with Crippen LogP contribution in [0, 0.1) is 0 Å². The Kier molecular flexibility index (Phi) is 5.09. The molecule has 0 unspecified atom stereocenters. The molecule has 0 spiro atoms. The highest BCUT2D eigenvalue weighted by molar-refractivity contribution is 5.26. The standard InChI is InChI=1S/C16H20N2O2/c1-12(16-4-2-3-9-17-16)18-14(11-19)10-13-5-7-15(20)8-6-13/h2-9,12,14,18-20H,10-11H2,1H3/t12-,14-/m0/s1. The molecule has 1 aromatic heterocycles. The van der Waals surface area contributed by atoms with Crippen LogP contribution in [0.3, 0.4) is 0 Å². The van der Waals surface area contributed by atoms with Gasteiger partial charge in [0.2, 0.25) is 0 Å². The molecule has 0 saturated carbocycles. The number of benzene rings is 1. The van der Waals surface area contributed by atoms with Gasteiger partial charge in [-0.25, -0.2) is 0 Å². The number of rotatable bonds is 6. The first-order valence-electron chi connectivity index (χ1n) is 6.75. The van der Waals surface area contributed by atoms with Crippen LogP contribution in [0.2, 0.25) is 0 Å². The Morgan fingerprint density at radius 2 is 1.90 bits per heavy atom. The second kappa shape index (κ2) is 7.03. The molecule has 2 rings (SSSR count). The zero-order valence-corrected chi connectivity index (χ0v) is 11.5. The maximum Gasteiger partial charge on any atom is 0.115 e. The van der Waals surface area contributed by atoms with Crippen LogP contribution in [0.1, 0.15) is 24.2 Å². The summed E-state index contributed by atoms with van der Waals surface area (Å²) in [6.07, 6.45) is 2.47. The van der Waals surface area contributed by atoms with Crippen LogP contribution >= 0.6 is 0 Å². The zero-order chi connectivity index (χ0) is 14.4. The van der Waals surface area contributed by atoms with Crippen molar-refractivity contribution < 1.29 is 10.2 Å². The molecular weight excluding hydrogens is 252 g/mol. The monoisotopic (exact) mass is 272 g/mol. The van der Waals surface area contributed by atoms with Crippen molar-refractivity contribution >= 4 is 0 Å². The SMILES string of the molecule is C[C@H](N[C@H](CO)Cc1ccc(O)cc1)c1ccccn1. The largest absolute Gasteiger partial charge is 0.508 e. The number of nitrogens with zero attached hydrogens (tertiary/aromatic N) is 1.